The molecule has 0 heterocycles. The molecular formula is C9H19NSi. The van der Waals surface area contributed by atoms with Gasteiger partial charge in [-0.25, -0.2) is 0 Å². The van der Waals surface area contributed by atoms with Gasteiger partial charge in [-0.15, -0.1) is 6.42 Å². The lowest BCUT2D eigenvalue weighted by atomic mass is 10.5. The summed E-state index contributed by atoms with van der Waals surface area (Å²) in [7, 11) is -0.809. The van der Waals surface area contributed by atoms with Crippen LogP contribution in [-0.4, -0.2) is 21.2 Å². The first-order chi connectivity index (χ1) is 5.06. The summed E-state index contributed by atoms with van der Waals surface area (Å²) in [6.07, 6.45) is 6.37. The number of terminal acetylenes is 1. The summed E-state index contributed by atoms with van der Waals surface area (Å²) in [4.78, 5) is 0. The highest BCUT2D eigenvalue weighted by Gasteiger charge is 2.10. The predicted molar refractivity (Wildman–Crippen MR) is 54.5 cm³/mol. The molecule has 0 aromatic rings. The Balaban J connectivity index is 3.10. The number of rotatable bonds is 5. The fraction of sp³-hybridized carbons (Fsp3) is 0.778. The first-order valence-electron chi connectivity index (χ1n) is 4.20. The van der Waals surface area contributed by atoms with Crippen molar-refractivity contribution in [3.05, 3.63) is 0 Å². The average molecular weight is 169 g/mol. The normalized spacial score (nSPS) is 11.1. The quantitative estimate of drug-likeness (QED) is 0.377. The van der Waals surface area contributed by atoms with E-state index in [-0.39, 0.29) is 0 Å². The van der Waals surface area contributed by atoms with Crippen LogP contribution in [0, 0.1) is 12.3 Å². The highest BCUT2D eigenvalue weighted by Crippen LogP contribution is 2.09. The van der Waals surface area contributed by atoms with Crippen LogP contribution in [0.3, 0.4) is 0 Å². The van der Waals surface area contributed by atoms with Gasteiger partial charge in [0.05, 0.1) is 6.54 Å². The zero-order chi connectivity index (χ0) is 8.74. The summed E-state index contributed by atoms with van der Waals surface area (Å²) in [5.74, 6) is 2.57. The minimum Gasteiger partial charge on any atom is -0.306 e. The Kier molecular flexibility index (Phi) is 5.27. The van der Waals surface area contributed by atoms with E-state index in [2.05, 4.69) is 30.9 Å². The van der Waals surface area contributed by atoms with Gasteiger partial charge in [0.25, 0.3) is 0 Å². The van der Waals surface area contributed by atoms with E-state index in [9.17, 15) is 0 Å². The summed E-state index contributed by atoms with van der Waals surface area (Å²) in [5.41, 5.74) is 0. The largest absolute Gasteiger partial charge is 0.306 e. The lowest BCUT2D eigenvalue weighted by Gasteiger charge is -2.14. The van der Waals surface area contributed by atoms with E-state index in [0.717, 1.165) is 6.54 Å². The Morgan fingerprint density at radius 2 is 2.00 bits per heavy atom. The van der Waals surface area contributed by atoms with Crippen LogP contribution in [-0.2, 0) is 0 Å². The molecular weight excluding hydrogens is 150 g/mol. The molecule has 0 unspecified atom stereocenters. The van der Waals surface area contributed by atoms with Gasteiger partial charge in [-0.2, -0.15) is 0 Å². The fourth-order valence-corrected chi connectivity index (χ4v) is 2.14. The molecule has 11 heavy (non-hydrogen) atoms. The summed E-state index contributed by atoms with van der Waals surface area (Å²) in [5, 5.41) is 3.19. The van der Waals surface area contributed by atoms with Gasteiger partial charge in [0.2, 0.25) is 0 Å². The SMILES string of the molecule is C#CCNCCC[Si](C)(C)C. The maximum absolute atomic E-state index is 5.09. The van der Waals surface area contributed by atoms with Gasteiger partial charge >= 0.3 is 0 Å². The van der Waals surface area contributed by atoms with Crippen LogP contribution in [0.1, 0.15) is 6.42 Å². The minimum absolute atomic E-state index is 0.714. The number of hydrogen-bond acceptors (Lipinski definition) is 1. The van der Waals surface area contributed by atoms with E-state index in [1.807, 2.05) is 0 Å². The van der Waals surface area contributed by atoms with E-state index in [1.54, 1.807) is 0 Å². The van der Waals surface area contributed by atoms with Crippen LogP contribution >= 0.6 is 0 Å². The molecule has 0 saturated heterocycles. The first-order valence-corrected chi connectivity index (χ1v) is 7.91. The molecule has 0 bridgehead atoms. The number of hydrogen-bond donors (Lipinski definition) is 1. The smallest absolute Gasteiger partial charge is 0.0573 e. The average Bonchev–Trinajstić information content (AvgIpc) is 1.85. The van der Waals surface area contributed by atoms with Crippen molar-refractivity contribution >= 4 is 8.07 Å². The van der Waals surface area contributed by atoms with Crippen LogP contribution in [0.25, 0.3) is 0 Å². The van der Waals surface area contributed by atoms with Crippen molar-refractivity contribution in [2.45, 2.75) is 32.1 Å². The topological polar surface area (TPSA) is 12.0 Å². The van der Waals surface area contributed by atoms with Crippen LogP contribution in [0.4, 0.5) is 0 Å². The Bertz CT molecular complexity index is 129. The Labute approximate surface area is 71.6 Å². The molecule has 1 nitrogen and oxygen atoms in total. The monoisotopic (exact) mass is 169 g/mol. The van der Waals surface area contributed by atoms with Crippen LogP contribution in [0.5, 0.6) is 0 Å². The molecule has 0 amide bonds. The van der Waals surface area contributed by atoms with Crippen LogP contribution in [0.2, 0.25) is 25.7 Å². The number of nitrogens with one attached hydrogen (secondary N) is 1. The van der Waals surface area contributed by atoms with Gasteiger partial charge in [-0.3, -0.25) is 0 Å². The highest BCUT2D eigenvalue weighted by molar-refractivity contribution is 6.76. The molecule has 0 rings (SSSR count). The molecule has 0 aliphatic heterocycles. The van der Waals surface area contributed by atoms with Crippen molar-refractivity contribution < 1.29 is 0 Å². The molecule has 1 N–H and O–H groups in total. The van der Waals surface area contributed by atoms with E-state index in [4.69, 9.17) is 6.42 Å². The third kappa shape index (κ3) is 9.74. The zero-order valence-corrected chi connectivity index (χ0v) is 8.91. The molecule has 0 aliphatic carbocycles. The summed E-state index contributed by atoms with van der Waals surface area (Å²) < 4.78 is 0. The van der Waals surface area contributed by atoms with E-state index >= 15 is 0 Å². The third-order valence-corrected chi connectivity index (χ3v) is 3.36. The zero-order valence-electron chi connectivity index (χ0n) is 7.91. The predicted octanol–water partition coefficient (Wildman–Crippen LogP) is 1.94. The molecule has 0 aromatic heterocycles. The lowest BCUT2D eigenvalue weighted by molar-refractivity contribution is 0.731. The second-order valence-electron chi connectivity index (χ2n) is 4.05. The Morgan fingerprint density at radius 3 is 2.45 bits per heavy atom. The van der Waals surface area contributed by atoms with Gasteiger partial charge in [-0.1, -0.05) is 31.6 Å². The molecule has 0 atom stereocenters. The Morgan fingerprint density at radius 1 is 1.36 bits per heavy atom. The van der Waals surface area contributed by atoms with Crippen molar-refractivity contribution in [2.75, 3.05) is 13.1 Å². The Hall–Kier alpha value is -0.263. The molecule has 2 heteroatoms. The molecule has 0 radical (unpaired) electrons. The fourth-order valence-electron chi connectivity index (χ4n) is 0.904. The van der Waals surface area contributed by atoms with Crippen molar-refractivity contribution in [1.82, 2.24) is 5.32 Å². The molecule has 0 spiro atoms. The van der Waals surface area contributed by atoms with Gasteiger partial charge < -0.3 is 5.32 Å². The van der Waals surface area contributed by atoms with Crippen molar-refractivity contribution in [2.24, 2.45) is 0 Å². The standard InChI is InChI=1S/C9H19NSi/c1-5-7-10-8-6-9-11(2,3)4/h1,10H,6-9H2,2-4H3. The van der Waals surface area contributed by atoms with E-state index in [1.165, 1.54) is 12.5 Å². The van der Waals surface area contributed by atoms with E-state index in [0.29, 0.717) is 6.54 Å². The van der Waals surface area contributed by atoms with Crippen molar-refractivity contribution in [3.8, 4) is 12.3 Å². The van der Waals surface area contributed by atoms with Crippen LogP contribution < -0.4 is 5.32 Å². The molecule has 0 aliphatic rings. The van der Waals surface area contributed by atoms with Gasteiger partial charge in [0.1, 0.15) is 0 Å². The second-order valence-corrected chi connectivity index (χ2v) is 9.67. The third-order valence-electron chi connectivity index (χ3n) is 1.51. The lowest BCUT2D eigenvalue weighted by Crippen LogP contribution is -2.23. The van der Waals surface area contributed by atoms with Crippen molar-refractivity contribution in [3.63, 3.8) is 0 Å². The first kappa shape index (κ1) is 10.7. The minimum atomic E-state index is -0.809. The van der Waals surface area contributed by atoms with Gasteiger partial charge in [0.15, 0.2) is 0 Å². The second kappa shape index (κ2) is 5.40. The van der Waals surface area contributed by atoms with Crippen LogP contribution in [0.15, 0.2) is 0 Å². The van der Waals surface area contributed by atoms with Crippen molar-refractivity contribution in [1.29, 1.82) is 0 Å². The summed E-state index contributed by atoms with van der Waals surface area (Å²) >= 11 is 0. The summed E-state index contributed by atoms with van der Waals surface area (Å²) in [6, 6.07) is 1.39. The maximum Gasteiger partial charge on any atom is 0.0573 e. The molecule has 0 saturated carbocycles. The maximum atomic E-state index is 5.09. The highest BCUT2D eigenvalue weighted by atomic mass is 28.3. The van der Waals surface area contributed by atoms with Gasteiger partial charge in [-0.05, 0) is 13.0 Å². The molecule has 64 valence electrons. The molecule has 0 aromatic carbocycles. The summed E-state index contributed by atoms with van der Waals surface area (Å²) in [6.45, 7) is 8.98. The molecule has 0 fully saturated rings. The van der Waals surface area contributed by atoms with Gasteiger partial charge in [0, 0.05) is 8.07 Å². The van der Waals surface area contributed by atoms with E-state index < -0.39 is 8.07 Å².